The molecule has 1 heterocycles. The third-order valence-electron chi connectivity index (χ3n) is 1.88. The molecule has 3 nitrogen and oxygen atoms in total. The summed E-state index contributed by atoms with van der Waals surface area (Å²) in [5, 5.41) is 8.85. The molecule has 0 aliphatic rings. The summed E-state index contributed by atoms with van der Waals surface area (Å²) >= 11 is 0. The highest BCUT2D eigenvalue weighted by molar-refractivity contribution is 5.28. The molecule has 12 heavy (non-hydrogen) atoms. The molecule has 0 aromatic carbocycles. The number of aryl methyl sites for hydroxylation is 2. The summed E-state index contributed by atoms with van der Waals surface area (Å²) in [6.45, 7) is 7.89. The minimum Gasteiger partial charge on any atom is -0.317 e. The zero-order valence-electron chi connectivity index (χ0n) is 7.92. The maximum atomic E-state index is 8.85. The van der Waals surface area contributed by atoms with E-state index in [1.807, 2.05) is 18.4 Å². The van der Waals surface area contributed by atoms with Gasteiger partial charge in [-0.1, -0.05) is 0 Å². The van der Waals surface area contributed by atoms with Gasteiger partial charge >= 0.3 is 0 Å². The van der Waals surface area contributed by atoms with Gasteiger partial charge in [0.05, 0.1) is 5.69 Å². The van der Waals surface area contributed by atoms with Crippen molar-refractivity contribution in [3.8, 4) is 6.07 Å². The van der Waals surface area contributed by atoms with Gasteiger partial charge in [0.2, 0.25) is 0 Å². The van der Waals surface area contributed by atoms with Gasteiger partial charge in [0.25, 0.3) is 0 Å². The Balaban J connectivity index is 3.35. The molecular formula is C9H13N3. The van der Waals surface area contributed by atoms with E-state index in [1.165, 1.54) is 0 Å². The number of aromatic nitrogens is 2. The molecule has 0 atom stereocenters. The van der Waals surface area contributed by atoms with Crippen LogP contribution in [0.3, 0.4) is 0 Å². The maximum absolute atomic E-state index is 8.85. The molecule has 3 heteroatoms. The van der Waals surface area contributed by atoms with E-state index in [0.717, 1.165) is 11.5 Å². The fourth-order valence-corrected chi connectivity index (χ4v) is 1.45. The number of hydrogen-bond donors (Lipinski definition) is 0. The highest BCUT2D eigenvalue weighted by atomic mass is 15.1. The second-order valence-electron chi connectivity index (χ2n) is 3.17. The lowest BCUT2D eigenvalue weighted by Gasteiger charge is -2.09. The Morgan fingerprint density at radius 3 is 2.33 bits per heavy atom. The summed E-state index contributed by atoms with van der Waals surface area (Å²) < 4.78 is 1.95. The first kappa shape index (κ1) is 8.79. The van der Waals surface area contributed by atoms with Crippen molar-refractivity contribution >= 4 is 0 Å². The van der Waals surface area contributed by atoms with Gasteiger partial charge in [-0.05, 0) is 27.7 Å². The normalized spacial score (nSPS) is 10.3. The standard InChI is InChI=1S/C9H13N3/c1-6(2)12-8(4)11-7(3)9(12)5-10/h6H,1-4H3. The van der Waals surface area contributed by atoms with Crippen LogP contribution in [0.5, 0.6) is 0 Å². The zero-order chi connectivity index (χ0) is 9.30. The molecule has 64 valence electrons. The van der Waals surface area contributed by atoms with E-state index in [2.05, 4.69) is 24.9 Å². The molecule has 0 bridgehead atoms. The fourth-order valence-electron chi connectivity index (χ4n) is 1.45. The van der Waals surface area contributed by atoms with Crippen LogP contribution in [-0.4, -0.2) is 9.55 Å². The summed E-state index contributed by atoms with van der Waals surface area (Å²) in [7, 11) is 0. The summed E-state index contributed by atoms with van der Waals surface area (Å²) in [5.41, 5.74) is 1.51. The van der Waals surface area contributed by atoms with Gasteiger partial charge < -0.3 is 4.57 Å². The highest BCUT2D eigenvalue weighted by Crippen LogP contribution is 2.15. The Morgan fingerprint density at radius 2 is 2.00 bits per heavy atom. The molecule has 0 spiro atoms. The number of nitriles is 1. The lowest BCUT2D eigenvalue weighted by atomic mass is 10.3. The quantitative estimate of drug-likeness (QED) is 0.635. The summed E-state index contributed by atoms with van der Waals surface area (Å²) in [6, 6.07) is 2.47. The van der Waals surface area contributed by atoms with Crippen LogP contribution < -0.4 is 0 Å². The summed E-state index contributed by atoms with van der Waals surface area (Å²) in [6.07, 6.45) is 0. The van der Waals surface area contributed by atoms with Crippen LogP contribution in [0, 0.1) is 25.2 Å². The van der Waals surface area contributed by atoms with Crippen LogP contribution in [0.15, 0.2) is 0 Å². The van der Waals surface area contributed by atoms with E-state index in [0.29, 0.717) is 11.7 Å². The van der Waals surface area contributed by atoms with Crippen LogP contribution in [-0.2, 0) is 0 Å². The van der Waals surface area contributed by atoms with E-state index in [9.17, 15) is 0 Å². The predicted octanol–water partition coefficient (Wildman–Crippen LogP) is 1.95. The average Bonchev–Trinajstić information content (AvgIpc) is 2.24. The van der Waals surface area contributed by atoms with E-state index >= 15 is 0 Å². The monoisotopic (exact) mass is 163 g/mol. The second kappa shape index (κ2) is 2.98. The maximum Gasteiger partial charge on any atom is 0.143 e. The van der Waals surface area contributed by atoms with Crippen molar-refractivity contribution in [3.05, 3.63) is 17.2 Å². The first-order valence-corrected chi connectivity index (χ1v) is 4.03. The first-order valence-electron chi connectivity index (χ1n) is 4.03. The SMILES string of the molecule is Cc1nc(C)n(C(C)C)c1C#N. The van der Waals surface area contributed by atoms with Crippen molar-refractivity contribution in [3.63, 3.8) is 0 Å². The van der Waals surface area contributed by atoms with Crippen molar-refractivity contribution in [2.45, 2.75) is 33.7 Å². The van der Waals surface area contributed by atoms with Gasteiger partial charge in [-0.2, -0.15) is 5.26 Å². The first-order chi connectivity index (χ1) is 5.57. The number of nitrogens with zero attached hydrogens (tertiary/aromatic N) is 3. The van der Waals surface area contributed by atoms with Gasteiger partial charge in [-0.15, -0.1) is 0 Å². The van der Waals surface area contributed by atoms with Gasteiger partial charge in [0.1, 0.15) is 17.6 Å². The van der Waals surface area contributed by atoms with E-state index in [1.54, 1.807) is 0 Å². The number of rotatable bonds is 1. The largest absolute Gasteiger partial charge is 0.317 e. The zero-order valence-corrected chi connectivity index (χ0v) is 7.92. The van der Waals surface area contributed by atoms with Crippen LogP contribution in [0.4, 0.5) is 0 Å². The molecule has 0 saturated carbocycles. The third-order valence-corrected chi connectivity index (χ3v) is 1.88. The lowest BCUT2D eigenvalue weighted by molar-refractivity contribution is 0.576. The Hall–Kier alpha value is -1.30. The van der Waals surface area contributed by atoms with Crippen molar-refractivity contribution in [1.82, 2.24) is 9.55 Å². The van der Waals surface area contributed by atoms with Crippen LogP contribution in [0.1, 0.15) is 37.1 Å². The third kappa shape index (κ3) is 1.20. The van der Waals surface area contributed by atoms with Crippen LogP contribution in [0.2, 0.25) is 0 Å². The minimum atomic E-state index is 0.306. The Morgan fingerprint density at radius 1 is 1.42 bits per heavy atom. The lowest BCUT2D eigenvalue weighted by Crippen LogP contribution is -2.05. The van der Waals surface area contributed by atoms with Gasteiger partial charge in [-0.25, -0.2) is 4.98 Å². The molecule has 0 radical (unpaired) electrons. The summed E-state index contributed by atoms with van der Waals surface area (Å²) in [5.74, 6) is 0.916. The van der Waals surface area contributed by atoms with Gasteiger partial charge in [0, 0.05) is 6.04 Å². The molecule has 0 amide bonds. The minimum absolute atomic E-state index is 0.306. The number of imidazole rings is 1. The van der Waals surface area contributed by atoms with Crippen LogP contribution in [0.25, 0.3) is 0 Å². The molecule has 1 aromatic heterocycles. The summed E-state index contributed by atoms with van der Waals surface area (Å²) in [4.78, 5) is 4.24. The fraction of sp³-hybridized carbons (Fsp3) is 0.556. The molecule has 0 unspecified atom stereocenters. The molecular weight excluding hydrogens is 150 g/mol. The molecule has 1 aromatic rings. The highest BCUT2D eigenvalue weighted by Gasteiger charge is 2.12. The Kier molecular flexibility index (Phi) is 2.18. The average molecular weight is 163 g/mol. The van der Waals surface area contributed by atoms with Crippen molar-refractivity contribution < 1.29 is 0 Å². The Labute approximate surface area is 72.7 Å². The van der Waals surface area contributed by atoms with Crippen molar-refractivity contribution in [1.29, 1.82) is 5.26 Å². The second-order valence-corrected chi connectivity index (χ2v) is 3.17. The van der Waals surface area contributed by atoms with E-state index < -0.39 is 0 Å². The molecule has 0 fully saturated rings. The molecule has 0 saturated heterocycles. The Bertz CT molecular complexity index is 328. The van der Waals surface area contributed by atoms with E-state index in [4.69, 9.17) is 5.26 Å². The van der Waals surface area contributed by atoms with Gasteiger partial charge in [-0.3, -0.25) is 0 Å². The molecule has 1 rings (SSSR count). The van der Waals surface area contributed by atoms with Gasteiger partial charge in [0.15, 0.2) is 0 Å². The topological polar surface area (TPSA) is 41.6 Å². The predicted molar refractivity (Wildman–Crippen MR) is 46.8 cm³/mol. The molecule has 0 N–H and O–H groups in total. The van der Waals surface area contributed by atoms with Crippen molar-refractivity contribution in [2.24, 2.45) is 0 Å². The smallest absolute Gasteiger partial charge is 0.143 e. The van der Waals surface area contributed by atoms with Crippen LogP contribution >= 0.6 is 0 Å². The molecule has 0 aliphatic carbocycles. The number of hydrogen-bond acceptors (Lipinski definition) is 2. The molecule has 0 aliphatic heterocycles. The van der Waals surface area contributed by atoms with Crippen molar-refractivity contribution in [2.75, 3.05) is 0 Å². The van der Waals surface area contributed by atoms with E-state index in [-0.39, 0.29) is 0 Å².